The van der Waals surface area contributed by atoms with Crippen molar-refractivity contribution in [1.82, 2.24) is 5.32 Å². The van der Waals surface area contributed by atoms with Gasteiger partial charge in [-0.25, -0.2) is 4.39 Å². The van der Waals surface area contributed by atoms with E-state index in [9.17, 15) is 14.0 Å². The number of nitrogens with zero attached hydrogens (tertiary/aromatic N) is 1. The number of halogens is 1. The number of rotatable bonds is 4. The number of anilines is 1. The van der Waals surface area contributed by atoms with E-state index in [2.05, 4.69) is 5.32 Å². The average Bonchev–Trinajstić information content (AvgIpc) is 2.61. The van der Waals surface area contributed by atoms with Crippen LogP contribution < -0.4 is 10.2 Å². The minimum atomic E-state index is -0.461. The maximum absolute atomic E-state index is 13.2. The second-order valence-corrected chi connectivity index (χ2v) is 5.49. The number of carbonyl (C=O) groups is 2. The fourth-order valence-corrected chi connectivity index (χ4v) is 2.54. The van der Waals surface area contributed by atoms with Gasteiger partial charge in [0.15, 0.2) is 0 Å². The molecular weight excluding hydrogens is 311 g/mol. The van der Waals surface area contributed by atoms with E-state index >= 15 is 0 Å². The van der Waals surface area contributed by atoms with Crippen LogP contribution in [-0.4, -0.2) is 37.6 Å². The Morgan fingerprint density at radius 3 is 2.75 bits per heavy atom. The third kappa shape index (κ3) is 3.78. The van der Waals surface area contributed by atoms with Crippen LogP contribution in [0.4, 0.5) is 10.1 Å². The van der Waals surface area contributed by atoms with Crippen LogP contribution >= 0.6 is 0 Å². The van der Waals surface area contributed by atoms with Gasteiger partial charge in [-0.1, -0.05) is 24.3 Å². The number of hydrogen-bond donors (Lipinski definition) is 1. The number of benzene rings is 2. The monoisotopic (exact) mass is 328 g/mol. The maximum atomic E-state index is 13.2. The number of nitrogens with one attached hydrogen (secondary N) is 1. The first kappa shape index (κ1) is 16.1. The topological polar surface area (TPSA) is 58.6 Å². The van der Waals surface area contributed by atoms with Gasteiger partial charge in [-0.3, -0.25) is 9.59 Å². The van der Waals surface area contributed by atoms with Gasteiger partial charge in [0.2, 0.25) is 0 Å². The Morgan fingerprint density at radius 1 is 1.21 bits per heavy atom. The predicted octanol–water partition coefficient (Wildman–Crippen LogP) is 1.99. The Hall–Kier alpha value is -2.73. The van der Waals surface area contributed by atoms with Crippen LogP contribution in [0.25, 0.3) is 0 Å². The van der Waals surface area contributed by atoms with Crippen molar-refractivity contribution in [1.29, 1.82) is 0 Å². The molecule has 2 aromatic carbocycles. The largest absolute Gasteiger partial charge is 0.365 e. The van der Waals surface area contributed by atoms with E-state index in [4.69, 9.17) is 4.74 Å². The molecule has 2 amide bonds. The Labute approximate surface area is 139 Å². The highest BCUT2D eigenvalue weighted by atomic mass is 19.1. The molecule has 124 valence electrons. The Kier molecular flexibility index (Phi) is 4.86. The quantitative estimate of drug-likeness (QED) is 0.934. The van der Waals surface area contributed by atoms with E-state index in [1.807, 2.05) is 30.3 Å². The summed E-state index contributed by atoms with van der Waals surface area (Å²) in [4.78, 5) is 25.7. The molecule has 1 saturated heterocycles. The number of ether oxygens (including phenoxy) is 1. The van der Waals surface area contributed by atoms with Crippen molar-refractivity contribution < 1.29 is 18.7 Å². The number of para-hydroxylation sites is 1. The van der Waals surface area contributed by atoms with Crippen molar-refractivity contribution in [3.05, 3.63) is 66.0 Å². The van der Waals surface area contributed by atoms with Crippen LogP contribution in [0.15, 0.2) is 54.6 Å². The molecule has 0 saturated carbocycles. The van der Waals surface area contributed by atoms with Crippen molar-refractivity contribution in [2.75, 3.05) is 24.6 Å². The SMILES string of the molecule is O=C(NCC1CN(c2ccccc2)C(=O)CO1)c1cccc(F)c1. The zero-order chi connectivity index (χ0) is 16.9. The highest BCUT2D eigenvalue weighted by Gasteiger charge is 2.27. The van der Waals surface area contributed by atoms with Crippen molar-refractivity contribution in [2.45, 2.75) is 6.10 Å². The van der Waals surface area contributed by atoms with Crippen molar-refractivity contribution in [3.63, 3.8) is 0 Å². The van der Waals surface area contributed by atoms with E-state index in [1.165, 1.54) is 18.2 Å². The highest BCUT2D eigenvalue weighted by Crippen LogP contribution is 2.17. The lowest BCUT2D eigenvalue weighted by molar-refractivity contribution is -0.129. The fourth-order valence-electron chi connectivity index (χ4n) is 2.54. The smallest absolute Gasteiger partial charge is 0.253 e. The van der Waals surface area contributed by atoms with E-state index < -0.39 is 5.82 Å². The summed E-state index contributed by atoms with van der Waals surface area (Å²) in [6.45, 7) is 0.563. The van der Waals surface area contributed by atoms with E-state index in [0.717, 1.165) is 5.69 Å². The molecular formula is C18H17FN2O3. The first-order valence-electron chi connectivity index (χ1n) is 7.64. The Morgan fingerprint density at radius 2 is 2.00 bits per heavy atom. The van der Waals surface area contributed by atoms with Crippen LogP contribution in [0.5, 0.6) is 0 Å². The van der Waals surface area contributed by atoms with Gasteiger partial charge in [0.25, 0.3) is 11.8 Å². The van der Waals surface area contributed by atoms with E-state index in [1.54, 1.807) is 11.0 Å². The lowest BCUT2D eigenvalue weighted by atomic mass is 10.2. The fraction of sp³-hybridized carbons (Fsp3) is 0.222. The number of amides is 2. The standard InChI is InChI=1S/C18H17FN2O3/c19-14-6-4-5-13(9-14)18(23)20-10-16-11-21(17(22)12-24-16)15-7-2-1-3-8-15/h1-9,16H,10-12H2,(H,20,23). The van der Waals surface area contributed by atoms with Gasteiger partial charge in [-0.05, 0) is 30.3 Å². The normalized spacial score (nSPS) is 17.6. The lowest BCUT2D eigenvalue weighted by Crippen LogP contribution is -2.50. The molecule has 0 bridgehead atoms. The summed E-state index contributed by atoms with van der Waals surface area (Å²) >= 11 is 0. The van der Waals surface area contributed by atoms with Gasteiger partial charge >= 0.3 is 0 Å². The maximum Gasteiger partial charge on any atom is 0.253 e. The molecule has 6 heteroatoms. The third-order valence-corrected chi connectivity index (χ3v) is 3.77. The van der Waals surface area contributed by atoms with Crippen molar-refractivity contribution in [3.8, 4) is 0 Å². The van der Waals surface area contributed by atoms with Gasteiger partial charge in [0.05, 0.1) is 12.6 Å². The highest BCUT2D eigenvalue weighted by molar-refractivity contribution is 5.95. The van der Waals surface area contributed by atoms with E-state index in [-0.39, 0.29) is 36.6 Å². The lowest BCUT2D eigenvalue weighted by Gasteiger charge is -2.32. The molecule has 1 unspecified atom stereocenters. The third-order valence-electron chi connectivity index (χ3n) is 3.77. The minimum Gasteiger partial charge on any atom is -0.365 e. The molecule has 2 aromatic rings. The van der Waals surface area contributed by atoms with Crippen LogP contribution in [0, 0.1) is 5.82 Å². The molecule has 24 heavy (non-hydrogen) atoms. The molecule has 0 spiro atoms. The van der Waals surface area contributed by atoms with Crippen molar-refractivity contribution in [2.24, 2.45) is 0 Å². The van der Waals surface area contributed by atoms with Gasteiger partial charge in [-0.15, -0.1) is 0 Å². The zero-order valence-corrected chi connectivity index (χ0v) is 12.9. The summed E-state index contributed by atoms with van der Waals surface area (Å²) in [5.74, 6) is -0.951. The number of hydrogen-bond acceptors (Lipinski definition) is 3. The van der Waals surface area contributed by atoms with Crippen LogP contribution in [0.3, 0.4) is 0 Å². The van der Waals surface area contributed by atoms with Crippen molar-refractivity contribution >= 4 is 17.5 Å². The number of morpholine rings is 1. The second-order valence-electron chi connectivity index (χ2n) is 5.49. The summed E-state index contributed by atoms with van der Waals surface area (Å²) in [5, 5.41) is 2.71. The molecule has 1 aliphatic heterocycles. The molecule has 1 atom stereocenters. The predicted molar refractivity (Wildman–Crippen MR) is 87.3 cm³/mol. The molecule has 1 aliphatic rings. The van der Waals surface area contributed by atoms with Crippen LogP contribution in [0.2, 0.25) is 0 Å². The molecule has 3 rings (SSSR count). The first-order valence-corrected chi connectivity index (χ1v) is 7.64. The zero-order valence-electron chi connectivity index (χ0n) is 12.9. The van der Waals surface area contributed by atoms with Gasteiger partial charge in [0, 0.05) is 17.8 Å². The molecule has 5 nitrogen and oxygen atoms in total. The van der Waals surface area contributed by atoms with Gasteiger partial charge < -0.3 is 15.0 Å². The van der Waals surface area contributed by atoms with Crippen LogP contribution in [-0.2, 0) is 9.53 Å². The van der Waals surface area contributed by atoms with Crippen LogP contribution in [0.1, 0.15) is 10.4 Å². The Balaban J connectivity index is 1.60. The summed E-state index contributed by atoms with van der Waals surface area (Å²) in [6.07, 6.45) is -0.319. The molecule has 1 N–H and O–H groups in total. The molecule has 1 heterocycles. The second kappa shape index (κ2) is 7.23. The molecule has 0 aromatic heterocycles. The summed E-state index contributed by atoms with van der Waals surface area (Å²) in [6, 6.07) is 14.8. The number of carbonyl (C=O) groups excluding carboxylic acids is 2. The minimum absolute atomic E-state index is 0.0323. The summed E-state index contributed by atoms with van der Waals surface area (Å²) in [7, 11) is 0. The Bertz CT molecular complexity index is 736. The van der Waals surface area contributed by atoms with Gasteiger partial charge in [-0.2, -0.15) is 0 Å². The van der Waals surface area contributed by atoms with Gasteiger partial charge in [0.1, 0.15) is 12.4 Å². The molecule has 1 fully saturated rings. The summed E-state index contributed by atoms with van der Waals surface area (Å²) < 4.78 is 18.6. The molecule has 0 radical (unpaired) electrons. The summed E-state index contributed by atoms with van der Waals surface area (Å²) in [5.41, 5.74) is 1.05. The average molecular weight is 328 g/mol. The molecule has 0 aliphatic carbocycles. The first-order chi connectivity index (χ1) is 11.6. The van der Waals surface area contributed by atoms with E-state index in [0.29, 0.717) is 6.54 Å².